The Morgan fingerprint density at radius 3 is 2.39 bits per heavy atom. The minimum absolute atomic E-state index is 0.0703. The quantitative estimate of drug-likeness (QED) is 0.439. The zero-order chi connectivity index (χ0) is 22.6. The fourth-order valence-corrected chi connectivity index (χ4v) is 4.06. The number of para-hydroxylation sites is 3. The number of carbonyl (C=O) groups excluding carboxylic acids is 2. The molecule has 1 fully saturated rings. The first kappa shape index (κ1) is 20.8. The van der Waals surface area contributed by atoms with Gasteiger partial charge in [-0.05, 0) is 61.4 Å². The van der Waals surface area contributed by atoms with Crippen LogP contribution in [-0.2, 0) is 0 Å². The van der Waals surface area contributed by atoms with Gasteiger partial charge in [0, 0.05) is 30.0 Å². The van der Waals surface area contributed by atoms with Gasteiger partial charge in [-0.1, -0.05) is 30.3 Å². The molecule has 1 aromatic heterocycles. The van der Waals surface area contributed by atoms with Crippen LogP contribution in [0.25, 0.3) is 11.1 Å². The van der Waals surface area contributed by atoms with Crippen molar-refractivity contribution in [3.63, 3.8) is 0 Å². The summed E-state index contributed by atoms with van der Waals surface area (Å²) in [6, 6.07) is 23.7. The van der Waals surface area contributed by atoms with Gasteiger partial charge in [0.2, 0.25) is 0 Å². The third-order valence-electron chi connectivity index (χ3n) is 5.80. The highest BCUT2D eigenvalue weighted by atomic mass is 16.3. The van der Waals surface area contributed by atoms with Gasteiger partial charge in [0.05, 0.1) is 5.92 Å². The Labute approximate surface area is 191 Å². The summed E-state index contributed by atoms with van der Waals surface area (Å²) >= 11 is 0. The number of likely N-dealkylation sites (tertiary alicyclic amines) is 1. The molecular formula is C26H24N4O3. The Morgan fingerprint density at radius 1 is 0.879 bits per heavy atom. The number of carbonyl (C=O) groups is 2. The molecule has 166 valence electrons. The minimum Gasteiger partial charge on any atom is -0.440 e. The second-order valence-electron chi connectivity index (χ2n) is 8.13. The van der Waals surface area contributed by atoms with Crippen LogP contribution in [0.5, 0.6) is 0 Å². The molecule has 3 aromatic carbocycles. The summed E-state index contributed by atoms with van der Waals surface area (Å²) in [6.07, 6.45) is 1.82. The van der Waals surface area contributed by atoms with Crippen LogP contribution in [0.15, 0.2) is 83.3 Å². The number of rotatable bonds is 4. The lowest BCUT2D eigenvalue weighted by Gasteiger charge is -2.31. The SMILES string of the molecule is O=C(Nc1ccccc1)c1ccc(NC(=O)N2CCCC(c3nc4ccccc4o3)C2)cc1. The minimum atomic E-state index is -0.198. The summed E-state index contributed by atoms with van der Waals surface area (Å²) in [5, 5.41) is 5.78. The second kappa shape index (κ2) is 9.16. The van der Waals surface area contributed by atoms with Crippen molar-refractivity contribution in [1.82, 2.24) is 9.88 Å². The van der Waals surface area contributed by atoms with E-state index < -0.39 is 0 Å². The number of benzene rings is 3. The first-order valence-electron chi connectivity index (χ1n) is 11.0. The van der Waals surface area contributed by atoms with Gasteiger partial charge in [0.15, 0.2) is 11.5 Å². The number of oxazole rings is 1. The number of hydrogen-bond donors (Lipinski definition) is 2. The molecule has 7 nitrogen and oxygen atoms in total. The number of hydrogen-bond acceptors (Lipinski definition) is 4. The molecule has 0 aliphatic carbocycles. The lowest BCUT2D eigenvalue weighted by atomic mass is 9.98. The van der Waals surface area contributed by atoms with Crippen molar-refractivity contribution in [3.8, 4) is 0 Å². The van der Waals surface area contributed by atoms with Crippen LogP contribution in [0.1, 0.15) is 35.0 Å². The van der Waals surface area contributed by atoms with Crippen LogP contribution in [-0.4, -0.2) is 34.9 Å². The van der Waals surface area contributed by atoms with E-state index in [9.17, 15) is 9.59 Å². The maximum atomic E-state index is 12.9. The van der Waals surface area contributed by atoms with E-state index in [1.165, 1.54) is 0 Å². The van der Waals surface area contributed by atoms with Crippen LogP contribution in [0.4, 0.5) is 16.2 Å². The highest BCUT2D eigenvalue weighted by molar-refractivity contribution is 6.04. The van der Waals surface area contributed by atoms with Crippen LogP contribution in [0.2, 0.25) is 0 Å². The number of urea groups is 1. The van der Waals surface area contributed by atoms with Crippen molar-refractivity contribution in [1.29, 1.82) is 0 Å². The van der Waals surface area contributed by atoms with Gasteiger partial charge >= 0.3 is 6.03 Å². The molecule has 2 heterocycles. The number of fused-ring (bicyclic) bond motifs is 1. The van der Waals surface area contributed by atoms with E-state index in [1.807, 2.05) is 54.6 Å². The smallest absolute Gasteiger partial charge is 0.321 e. The molecule has 2 N–H and O–H groups in total. The molecule has 1 unspecified atom stereocenters. The zero-order valence-corrected chi connectivity index (χ0v) is 18.0. The fraction of sp³-hybridized carbons (Fsp3) is 0.192. The number of nitrogens with zero attached hydrogens (tertiary/aromatic N) is 2. The lowest BCUT2D eigenvalue weighted by Crippen LogP contribution is -2.41. The molecule has 0 radical (unpaired) electrons. The van der Waals surface area contributed by atoms with Crippen molar-refractivity contribution in [3.05, 3.63) is 90.3 Å². The molecule has 1 aliphatic rings. The molecule has 33 heavy (non-hydrogen) atoms. The Balaban J connectivity index is 1.20. The van der Waals surface area contributed by atoms with Crippen LogP contribution in [0.3, 0.4) is 0 Å². The van der Waals surface area contributed by atoms with Gasteiger partial charge < -0.3 is 20.0 Å². The van der Waals surface area contributed by atoms with Crippen LogP contribution >= 0.6 is 0 Å². The summed E-state index contributed by atoms with van der Waals surface area (Å²) in [7, 11) is 0. The lowest BCUT2D eigenvalue weighted by molar-refractivity contribution is 0.102. The zero-order valence-electron chi connectivity index (χ0n) is 18.0. The average molecular weight is 441 g/mol. The topological polar surface area (TPSA) is 87.5 Å². The molecule has 4 aromatic rings. The van der Waals surface area contributed by atoms with Crippen molar-refractivity contribution < 1.29 is 14.0 Å². The van der Waals surface area contributed by atoms with Gasteiger partial charge in [0.1, 0.15) is 5.52 Å². The van der Waals surface area contributed by atoms with Crippen LogP contribution < -0.4 is 10.6 Å². The Kier molecular flexibility index (Phi) is 5.76. The van der Waals surface area contributed by atoms with E-state index in [0.29, 0.717) is 30.2 Å². The van der Waals surface area contributed by atoms with Gasteiger partial charge in [0.25, 0.3) is 5.91 Å². The number of nitrogens with one attached hydrogen (secondary N) is 2. The van der Waals surface area contributed by atoms with Crippen molar-refractivity contribution >= 4 is 34.4 Å². The second-order valence-corrected chi connectivity index (χ2v) is 8.13. The third-order valence-corrected chi connectivity index (χ3v) is 5.80. The summed E-state index contributed by atoms with van der Waals surface area (Å²) in [6.45, 7) is 1.23. The van der Waals surface area contributed by atoms with E-state index in [4.69, 9.17) is 4.42 Å². The Bertz CT molecular complexity index is 1230. The van der Waals surface area contributed by atoms with E-state index >= 15 is 0 Å². The summed E-state index contributed by atoms with van der Waals surface area (Å²) in [5.74, 6) is 0.555. The fourth-order valence-electron chi connectivity index (χ4n) is 4.06. The largest absolute Gasteiger partial charge is 0.440 e. The van der Waals surface area contributed by atoms with E-state index in [-0.39, 0.29) is 17.9 Å². The summed E-state index contributed by atoms with van der Waals surface area (Å²) in [5.41, 5.74) is 3.50. The highest BCUT2D eigenvalue weighted by Crippen LogP contribution is 2.29. The molecule has 0 bridgehead atoms. The van der Waals surface area contributed by atoms with E-state index in [0.717, 1.165) is 29.6 Å². The normalized spacial score (nSPS) is 15.9. The molecule has 7 heteroatoms. The predicted molar refractivity (Wildman–Crippen MR) is 127 cm³/mol. The van der Waals surface area contributed by atoms with Crippen molar-refractivity contribution in [2.24, 2.45) is 0 Å². The monoisotopic (exact) mass is 440 g/mol. The Hall–Kier alpha value is -4.13. The predicted octanol–water partition coefficient (Wildman–Crippen LogP) is 5.49. The Morgan fingerprint density at radius 2 is 1.61 bits per heavy atom. The number of piperidine rings is 1. The maximum absolute atomic E-state index is 12.9. The van der Waals surface area contributed by atoms with Gasteiger partial charge in [-0.2, -0.15) is 0 Å². The summed E-state index contributed by atoms with van der Waals surface area (Å²) < 4.78 is 5.92. The molecule has 1 aliphatic heterocycles. The molecule has 0 spiro atoms. The van der Waals surface area contributed by atoms with E-state index in [2.05, 4.69) is 15.6 Å². The van der Waals surface area contributed by atoms with Crippen LogP contribution in [0, 0.1) is 0 Å². The standard InChI is InChI=1S/C26H24N4O3/c31-24(27-20-8-2-1-3-9-20)18-12-14-21(15-13-18)28-26(32)30-16-6-7-19(17-30)25-29-22-10-4-5-11-23(22)33-25/h1-5,8-15,19H,6-7,16-17H2,(H,27,31)(H,28,32). The highest BCUT2D eigenvalue weighted by Gasteiger charge is 2.28. The molecular weight excluding hydrogens is 416 g/mol. The maximum Gasteiger partial charge on any atom is 0.321 e. The van der Waals surface area contributed by atoms with Crippen molar-refractivity contribution in [2.45, 2.75) is 18.8 Å². The number of amides is 3. The van der Waals surface area contributed by atoms with E-state index in [1.54, 1.807) is 29.2 Å². The first-order valence-corrected chi connectivity index (χ1v) is 11.0. The average Bonchev–Trinajstić information content (AvgIpc) is 3.30. The molecule has 1 saturated heterocycles. The van der Waals surface area contributed by atoms with Gasteiger partial charge in [-0.25, -0.2) is 9.78 Å². The van der Waals surface area contributed by atoms with Crippen molar-refractivity contribution in [2.75, 3.05) is 23.7 Å². The third kappa shape index (κ3) is 4.72. The number of aromatic nitrogens is 1. The molecule has 5 rings (SSSR count). The first-order chi connectivity index (χ1) is 16.2. The summed E-state index contributed by atoms with van der Waals surface area (Å²) in [4.78, 5) is 31.7. The number of anilines is 2. The molecule has 3 amide bonds. The molecule has 1 atom stereocenters. The van der Waals surface area contributed by atoms with Gasteiger partial charge in [-0.15, -0.1) is 0 Å². The van der Waals surface area contributed by atoms with Gasteiger partial charge in [-0.3, -0.25) is 4.79 Å². The molecule has 0 saturated carbocycles.